The predicted molar refractivity (Wildman–Crippen MR) is 85.4 cm³/mol. The van der Waals surface area contributed by atoms with Gasteiger partial charge in [-0.15, -0.1) is 0 Å². The molecule has 3 heteroatoms. The summed E-state index contributed by atoms with van der Waals surface area (Å²) >= 11 is 3.51. The van der Waals surface area contributed by atoms with Crippen LogP contribution >= 0.6 is 15.9 Å². The Balaban J connectivity index is 1.96. The van der Waals surface area contributed by atoms with E-state index in [-0.39, 0.29) is 0 Å². The number of benzene rings is 1. The molecule has 0 bridgehead atoms. The van der Waals surface area contributed by atoms with Crippen LogP contribution in [-0.2, 0) is 0 Å². The molecule has 0 amide bonds. The third kappa shape index (κ3) is 4.59. The molecular formula is C16H25BrN2. The monoisotopic (exact) mass is 324 g/mol. The molecule has 1 aliphatic heterocycles. The van der Waals surface area contributed by atoms with Gasteiger partial charge in [-0.2, -0.15) is 0 Å². The van der Waals surface area contributed by atoms with Gasteiger partial charge in [0.25, 0.3) is 0 Å². The highest BCUT2D eigenvalue weighted by atomic mass is 79.9. The first-order valence-electron chi connectivity index (χ1n) is 7.39. The number of nitrogens with zero attached hydrogens (tertiary/aromatic N) is 1. The fourth-order valence-electron chi connectivity index (χ4n) is 2.84. The van der Waals surface area contributed by atoms with E-state index in [2.05, 4.69) is 64.4 Å². The van der Waals surface area contributed by atoms with Gasteiger partial charge in [0.05, 0.1) is 0 Å². The first-order chi connectivity index (χ1) is 9.19. The molecule has 2 nitrogen and oxygen atoms in total. The molecule has 0 aliphatic carbocycles. The summed E-state index contributed by atoms with van der Waals surface area (Å²) in [6.45, 7) is 4.73. The number of hydrogen-bond donors (Lipinski definition) is 1. The quantitative estimate of drug-likeness (QED) is 0.901. The molecule has 1 aromatic carbocycles. The summed E-state index contributed by atoms with van der Waals surface area (Å²) in [5.74, 6) is 0. The van der Waals surface area contributed by atoms with E-state index in [9.17, 15) is 0 Å². The van der Waals surface area contributed by atoms with Crippen LogP contribution in [-0.4, -0.2) is 31.1 Å². The normalized spacial score (nSPS) is 23.0. The van der Waals surface area contributed by atoms with Crippen molar-refractivity contribution >= 4 is 15.9 Å². The van der Waals surface area contributed by atoms with E-state index in [4.69, 9.17) is 0 Å². The minimum absolute atomic E-state index is 0.488. The lowest BCUT2D eigenvalue weighted by Gasteiger charge is -2.24. The Morgan fingerprint density at radius 3 is 2.68 bits per heavy atom. The van der Waals surface area contributed by atoms with Crippen molar-refractivity contribution in [2.24, 2.45) is 0 Å². The van der Waals surface area contributed by atoms with Crippen molar-refractivity contribution < 1.29 is 0 Å². The molecule has 2 atom stereocenters. The van der Waals surface area contributed by atoms with Crippen LogP contribution in [0.5, 0.6) is 0 Å². The lowest BCUT2D eigenvalue weighted by molar-refractivity contribution is 0.337. The molecule has 0 saturated carbocycles. The number of halogens is 1. The number of hydrogen-bond acceptors (Lipinski definition) is 2. The van der Waals surface area contributed by atoms with Gasteiger partial charge in [-0.3, -0.25) is 0 Å². The average Bonchev–Trinajstić information content (AvgIpc) is 2.62. The molecule has 2 rings (SSSR count). The van der Waals surface area contributed by atoms with Gasteiger partial charge < -0.3 is 10.2 Å². The van der Waals surface area contributed by atoms with E-state index >= 15 is 0 Å². The lowest BCUT2D eigenvalue weighted by atomic mass is 10.0. The molecule has 106 valence electrons. The maximum absolute atomic E-state index is 3.86. The summed E-state index contributed by atoms with van der Waals surface area (Å²) in [7, 11) is 2.23. The van der Waals surface area contributed by atoms with Crippen molar-refractivity contribution in [3.05, 3.63) is 34.3 Å². The summed E-state index contributed by atoms with van der Waals surface area (Å²) in [4.78, 5) is 2.45. The third-order valence-corrected chi connectivity index (χ3v) is 4.60. The van der Waals surface area contributed by atoms with Crippen LogP contribution in [0.1, 0.15) is 44.2 Å². The van der Waals surface area contributed by atoms with E-state index in [1.165, 1.54) is 37.9 Å². The Morgan fingerprint density at radius 1 is 1.26 bits per heavy atom. The second-order valence-corrected chi connectivity index (χ2v) is 6.53. The van der Waals surface area contributed by atoms with Crippen molar-refractivity contribution in [3.8, 4) is 0 Å². The SMILES string of the molecule is CCC(NC1CCCN(C)CC1)c1ccc(Br)cc1. The van der Waals surface area contributed by atoms with Crippen molar-refractivity contribution in [1.29, 1.82) is 0 Å². The highest BCUT2D eigenvalue weighted by Crippen LogP contribution is 2.22. The standard InChI is InChI=1S/C16H25BrN2/c1-3-16(13-6-8-14(17)9-7-13)18-15-5-4-11-19(2)12-10-15/h6-9,15-16,18H,3-5,10-12H2,1-2H3. The van der Waals surface area contributed by atoms with Gasteiger partial charge in [0.15, 0.2) is 0 Å². The van der Waals surface area contributed by atoms with Crippen molar-refractivity contribution in [1.82, 2.24) is 10.2 Å². The van der Waals surface area contributed by atoms with Crippen LogP contribution in [0, 0.1) is 0 Å². The minimum Gasteiger partial charge on any atom is -0.307 e. The van der Waals surface area contributed by atoms with Crippen molar-refractivity contribution in [3.63, 3.8) is 0 Å². The number of nitrogens with one attached hydrogen (secondary N) is 1. The Morgan fingerprint density at radius 2 is 2.00 bits per heavy atom. The van der Waals surface area contributed by atoms with Crippen LogP contribution in [0.15, 0.2) is 28.7 Å². The molecule has 0 radical (unpaired) electrons. The largest absolute Gasteiger partial charge is 0.307 e. The molecule has 1 fully saturated rings. The zero-order chi connectivity index (χ0) is 13.7. The second-order valence-electron chi connectivity index (χ2n) is 5.61. The summed E-state index contributed by atoms with van der Waals surface area (Å²) in [6, 6.07) is 9.89. The van der Waals surface area contributed by atoms with E-state index in [1.54, 1.807) is 0 Å². The van der Waals surface area contributed by atoms with Gasteiger partial charge in [0.1, 0.15) is 0 Å². The van der Waals surface area contributed by atoms with E-state index in [0.717, 1.165) is 10.9 Å². The zero-order valence-electron chi connectivity index (χ0n) is 12.0. The fourth-order valence-corrected chi connectivity index (χ4v) is 3.10. The van der Waals surface area contributed by atoms with Gasteiger partial charge in [-0.05, 0) is 63.5 Å². The molecule has 1 aliphatic rings. The number of rotatable bonds is 4. The van der Waals surface area contributed by atoms with Crippen LogP contribution in [0.25, 0.3) is 0 Å². The van der Waals surface area contributed by atoms with E-state index in [1.807, 2.05) is 0 Å². The van der Waals surface area contributed by atoms with Gasteiger partial charge >= 0.3 is 0 Å². The Labute approximate surface area is 125 Å². The highest BCUT2D eigenvalue weighted by molar-refractivity contribution is 9.10. The maximum Gasteiger partial charge on any atom is 0.0320 e. The Kier molecular flexibility index (Phi) is 5.86. The van der Waals surface area contributed by atoms with E-state index in [0.29, 0.717) is 12.1 Å². The predicted octanol–water partition coefficient (Wildman–Crippen LogP) is 3.97. The van der Waals surface area contributed by atoms with Gasteiger partial charge in [0, 0.05) is 16.6 Å². The van der Waals surface area contributed by atoms with Crippen LogP contribution < -0.4 is 5.32 Å². The summed E-state index contributed by atoms with van der Waals surface area (Å²) in [5.41, 5.74) is 1.41. The zero-order valence-corrected chi connectivity index (χ0v) is 13.6. The molecular weight excluding hydrogens is 300 g/mol. The highest BCUT2D eigenvalue weighted by Gasteiger charge is 2.18. The first-order valence-corrected chi connectivity index (χ1v) is 8.18. The summed E-state index contributed by atoms with van der Waals surface area (Å²) in [5, 5.41) is 3.86. The Bertz CT molecular complexity index is 377. The molecule has 0 aromatic heterocycles. The number of likely N-dealkylation sites (tertiary alicyclic amines) is 1. The van der Waals surface area contributed by atoms with Gasteiger partial charge in [-0.25, -0.2) is 0 Å². The molecule has 2 unspecified atom stereocenters. The minimum atomic E-state index is 0.488. The molecule has 1 aromatic rings. The molecule has 1 heterocycles. The molecule has 0 spiro atoms. The Hall–Kier alpha value is -0.380. The maximum atomic E-state index is 3.86. The molecule has 1 N–H and O–H groups in total. The smallest absolute Gasteiger partial charge is 0.0320 e. The van der Waals surface area contributed by atoms with Crippen molar-refractivity contribution in [2.75, 3.05) is 20.1 Å². The van der Waals surface area contributed by atoms with Crippen LogP contribution in [0.3, 0.4) is 0 Å². The fraction of sp³-hybridized carbons (Fsp3) is 0.625. The summed E-state index contributed by atoms with van der Waals surface area (Å²) < 4.78 is 1.15. The van der Waals surface area contributed by atoms with Gasteiger partial charge in [-0.1, -0.05) is 35.0 Å². The second kappa shape index (κ2) is 7.41. The van der Waals surface area contributed by atoms with E-state index < -0.39 is 0 Å². The first kappa shape index (κ1) is 15.0. The molecule has 1 saturated heterocycles. The van der Waals surface area contributed by atoms with Crippen LogP contribution in [0.4, 0.5) is 0 Å². The third-order valence-electron chi connectivity index (χ3n) is 4.07. The lowest BCUT2D eigenvalue weighted by Crippen LogP contribution is -2.33. The van der Waals surface area contributed by atoms with Crippen LogP contribution in [0.2, 0.25) is 0 Å². The molecule has 19 heavy (non-hydrogen) atoms. The topological polar surface area (TPSA) is 15.3 Å². The van der Waals surface area contributed by atoms with Gasteiger partial charge in [0.2, 0.25) is 0 Å². The summed E-state index contributed by atoms with van der Waals surface area (Å²) in [6.07, 6.45) is 5.03. The van der Waals surface area contributed by atoms with Crippen molar-refractivity contribution in [2.45, 2.75) is 44.7 Å². The average molecular weight is 325 g/mol.